The van der Waals surface area contributed by atoms with Crippen LogP contribution in [0, 0.1) is 0 Å². The summed E-state index contributed by atoms with van der Waals surface area (Å²) in [4.78, 5) is 40.5. The number of carbonyl (C=O) groups excluding carboxylic acids is 2. The van der Waals surface area contributed by atoms with Gasteiger partial charge in [-0.2, -0.15) is 0 Å². The summed E-state index contributed by atoms with van der Waals surface area (Å²) in [6.45, 7) is 5.67. The highest BCUT2D eigenvalue weighted by atomic mass is 16.2. The van der Waals surface area contributed by atoms with Crippen molar-refractivity contribution in [2.24, 2.45) is 4.99 Å². The molecule has 0 saturated heterocycles. The Morgan fingerprint density at radius 2 is 1.71 bits per heavy atom. The molecule has 2 aromatic carbocycles. The highest BCUT2D eigenvalue weighted by molar-refractivity contribution is 6.06. The summed E-state index contributed by atoms with van der Waals surface area (Å²) in [7, 11) is 0. The minimum absolute atomic E-state index is 0.233. The van der Waals surface area contributed by atoms with E-state index in [-0.39, 0.29) is 11.8 Å². The van der Waals surface area contributed by atoms with Crippen LogP contribution in [0.25, 0.3) is 24.2 Å². The number of aliphatic imine (C=N–C) groups is 1. The molecule has 0 aliphatic carbocycles. The second-order valence-electron chi connectivity index (χ2n) is 7.36. The number of aromatic nitrogens is 3. The lowest BCUT2D eigenvalue weighted by Crippen LogP contribution is -2.28. The SMILES string of the molecule is C=c1[nH]c(-c2ccc(NC(=O)c3ccccn3)cc2)n/c1=C/N=C(C)NC(=O)c1ccccc1. The van der Waals surface area contributed by atoms with E-state index in [0.29, 0.717) is 39.3 Å². The fourth-order valence-corrected chi connectivity index (χ4v) is 3.09. The Kier molecular flexibility index (Phi) is 6.69. The monoisotopic (exact) mass is 450 g/mol. The molecule has 0 radical (unpaired) electrons. The average molecular weight is 451 g/mol. The van der Waals surface area contributed by atoms with Crippen LogP contribution in [0.4, 0.5) is 5.69 Å². The Labute approximate surface area is 195 Å². The third-order valence-electron chi connectivity index (χ3n) is 4.84. The van der Waals surface area contributed by atoms with Crippen molar-refractivity contribution in [2.45, 2.75) is 6.92 Å². The van der Waals surface area contributed by atoms with Crippen molar-refractivity contribution < 1.29 is 9.59 Å². The van der Waals surface area contributed by atoms with E-state index in [1.54, 1.807) is 73.9 Å². The van der Waals surface area contributed by atoms with Crippen molar-refractivity contribution in [3.05, 3.63) is 101 Å². The molecule has 3 N–H and O–H groups in total. The first-order valence-corrected chi connectivity index (χ1v) is 10.5. The van der Waals surface area contributed by atoms with E-state index in [2.05, 4.69) is 37.2 Å². The first kappa shape index (κ1) is 22.3. The average Bonchev–Trinajstić information content (AvgIpc) is 3.24. The molecule has 0 unspecified atom stereocenters. The summed E-state index contributed by atoms with van der Waals surface area (Å²) in [5, 5.41) is 6.69. The maximum atomic E-state index is 12.2. The highest BCUT2D eigenvalue weighted by Gasteiger charge is 2.08. The van der Waals surface area contributed by atoms with Gasteiger partial charge in [-0.1, -0.05) is 30.8 Å². The van der Waals surface area contributed by atoms with Gasteiger partial charge < -0.3 is 15.6 Å². The van der Waals surface area contributed by atoms with Gasteiger partial charge in [-0.15, -0.1) is 0 Å². The molecular weight excluding hydrogens is 428 g/mol. The number of rotatable bonds is 5. The number of hydrogen-bond acceptors (Lipinski definition) is 5. The number of aromatic amines is 1. The third-order valence-corrected chi connectivity index (χ3v) is 4.84. The van der Waals surface area contributed by atoms with Crippen molar-refractivity contribution in [2.75, 3.05) is 5.32 Å². The summed E-state index contributed by atoms with van der Waals surface area (Å²) < 4.78 is 0. The smallest absolute Gasteiger partial charge is 0.274 e. The number of imidazole rings is 1. The van der Waals surface area contributed by atoms with E-state index in [4.69, 9.17) is 0 Å². The number of amidine groups is 1. The predicted octanol–water partition coefficient (Wildman–Crippen LogP) is 2.72. The minimum atomic E-state index is -0.282. The number of amides is 2. The number of anilines is 1. The summed E-state index contributed by atoms with van der Waals surface area (Å²) in [5.41, 5.74) is 2.35. The molecule has 4 rings (SSSR count). The summed E-state index contributed by atoms with van der Waals surface area (Å²) in [6, 6.07) is 21.3. The van der Waals surface area contributed by atoms with E-state index in [9.17, 15) is 9.59 Å². The van der Waals surface area contributed by atoms with E-state index in [0.717, 1.165) is 5.56 Å². The Morgan fingerprint density at radius 3 is 2.41 bits per heavy atom. The van der Waals surface area contributed by atoms with Gasteiger partial charge >= 0.3 is 0 Å². The summed E-state index contributed by atoms with van der Waals surface area (Å²) >= 11 is 0. The molecule has 0 atom stereocenters. The third kappa shape index (κ3) is 5.49. The lowest BCUT2D eigenvalue weighted by molar-refractivity contribution is 0.0975. The maximum Gasteiger partial charge on any atom is 0.274 e. The Bertz CT molecular complexity index is 1440. The molecule has 2 aromatic heterocycles. The zero-order valence-electron chi connectivity index (χ0n) is 18.4. The quantitative estimate of drug-likeness (QED) is 0.321. The van der Waals surface area contributed by atoms with Crippen molar-refractivity contribution in [3.63, 3.8) is 0 Å². The van der Waals surface area contributed by atoms with Gasteiger partial charge in [0.1, 0.15) is 22.7 Å². The van der Waals surface area contributed by atoms with E-state index in [1.807, 2.05) is 18.2 Å². The maximum absolute atomic E-state index is 12.2. The second kappa shape index (κ2) is 10.2. The van der Waals surface area contributed by atoms with Gasteiger partial charge in [-0.25, -0.2) is 9.98 Å². The molecule has 8 heteroatoms. The zero-order chi connectivity index (χ0) is 23.9. The number of H-pyrrole nitrogens is 1. The van der Waals surface area contributed by atoms with E-state index < -0.39 is 0 Å². The molecule has 34 heavy (non-hydrogen) atoms. The molecule has 0 saturated carbocycles. The molecule has 0 aliphatic heterocycles. The number of benzene rings is 2. The van der Waals surface area contributed by atoms with Crippen LogP contribution in [-0.2, 0) is 0 Å². The number of pyridine rings is 1. The minimum Gasteiger partial charge on any atom is -0.338 e. The van der Waals surface area contributed by atoms with Gasteiger partial charge in [0.05, 0.1) is 11.5 Å². The molecule has 4 aromatic rings. The van der Waals surface area contributed by atoms with Gasteiger partial charge in [0.25, 0.3) is 11.8 Å². The second-order valence-corrected chi connectivity index (χ2v) is 7.36. The van der Waals surface area contributed by atoms with Gasteiger partial charge in [0.15, 0.2) is 0 Å². The molecular formula is C26H22N6O2. The van der Waals surface area contributed by atoms with Gasteiger partial charge in [0.2, 0.25) is 0 Å². The number of nitrogens with one attached hydrogen (secondary N) is 3. The van der Waals surface area contributed by atoms with Gasteiger partial charge in [-0.05, 0) is 55.5 Å². The van der Waals surface area contributed by atoms with Crippen LogP contribution < -0.4 is 21.3 Å². The molecule has 0 bridgehead atoms. The van der Waals surface area contributed by atoms with Crippen LogP contribution >= 0.6 is 0 Å². The van der Waals surface area contributed by atoms with Crippen molar-refractivity contribution >= 4 is 36.1 Å². The molecule has 2 amide bonds. The van der Waals surface area contributed by atoms with Crippen LogP contribution in [0.15, 0.2) is 84.0 Å². The van der Waals surface area contributed by atoms with Gasteiger partial charge in [-0.3, -0.25) is 14.6 Å². The number of carbonyl (C=O) groups is 2. The van der Waals surface area contributed by atoms with E-state index >= 15 is 0 Å². The highest BCUT2D eigenvalue weighted by Crippen LogP contribution is 2.17. The van der Waals surface area contributed by atoms with E-state index in [1.165, 1.54) is 0 Å². The molecule has 2 heterocycles. The van der Waals surface area contributed by atoms with Crippen molar-refractivity contribution in [3.8, 4) is 11.4 Å². The fraction of sp³-hybridized carbons (Fsp3) is 0.0385. The Balaban J connectivity index is 1.45. The standard InChI is InChI=1S/C26H22N6O2/c1-17-23(16-28-18(2)30-25(33)20-8-4-3-5-9-20)32-24(29-17)19-11-13-21(14-12-19)31-26(34)22-10-6-7-15-27-22/h3-16H,1H2,2H3,(H,29,32)(H,31,34)(H,28,30,33)/b23-16+. The predicted molar refractivity (Wildman–Crippen MR) is 132 cm³/mol. The summed E-state index contributed by atoms with van der Waals surface area (Å²) in [6.07, 6.45) is 3.12. The normalized spacial score (nSPS) is 11.8. The summed E-state index contributed by atoms with van der Waals surface area (Å²) in [5.74, 6) is 0.532. The van der Waals surface area contributed by atoms with Crippen LogP contribution in [0.3, 0.4) is 0 Å². The van der Waals surface area contributed by atoms with Crippen LogP contribution in [-0.4, -0.2) is 32.6 Å². The molecule has 0 fully saturated rings. The van der Waals surface area contributed by atoms with Crippen LogP contribution in [0.2, 0.25) is 0 Å². The lowest BCUT2D eigenvalue weighted by atomic mass is 10.2. The number of nitrogens with zero attached hydrogens (tertiary/aromatic N) is 3. The van der Waals surface area contributed by atoms with Crippen molar-refractivity contribution in [1.29, 1.82) is 0 Å². The molecule has 0 spiro atoms. The molecule has 8 nitrogen and oxygen atoms in total. The van der Waals surface area contributed by atoms with Crippen molar-refractivity contribution in [1.82, 2.24) is 20.3 Å². The lowest BCUT2D eigenvalue weighted by Gasteiger charge is -2.05. The number of hydrogen-bond donors (Lipinski definition) is 3. The Hall–Kier alpha value is -4.85. The van der Waals surface area contributed by atoms with Crippen LogP contribution in [0.1, 0.15) is 27.8 Å². The van der Waals surface area contributed by atoms with Gasteiger partial charge in [0, 0.05) is 23.0 Å². The van der Waals surface area contributed by atoms with Crippen LogP contribution in [0.5, 0.6) is 0 Å². The topological polar surface area (TPSA) is 112 Å². The first-order chi connectivity index (χ1) is 16.5. The Morgan fingerprint density at radius 1 is 0.971 bits per heavy atom. The fourth-order valence-electron chi connectivity index (χ4n) is 3.09. The molecule has 0 aliphatic rings. The first-order valence-electron chi connectivity index (χ1n) is 10.5. The molecule has 168 valence electrons. The largest absolute Gasteiger partial charge is 0.338 e. The zero-order valence-corrected chi connectivity index (χ0v) is 18.4.